The molecule has 0 saturated carbocycles. The number of halogens is 1. The SMILES string of the molecule is CC(C)(O)c1ccc(-c2cc(C(N)=O)c(Nc3cccc(C(=O)NCc4ncco4)n3)s2)c(F)c1. The number of hydrogen-bond acceptors (Lipinski definition) is 8. The molecule has 0 saturated heterocycles. The number of nitrogens with one attached hydrogen (secondary N) is 2. The quantitative estimate of drug-likeness (QED) is 0.290. The maximum Gasteiger partial charge on any atom is 0.270 e. The number of oxazole rings is 1. The maximum atomic E-state index is 14.8. The number of aliphatic hydroxyl groups is 1. The molecule has 0 aliphatic heterocycles. The summed E-state index contributed by atoms with van der Waals surface area (Å²) < 4.78 is 19.9. The van der Waals surface area contributed by atoms with Crippen LogP contribution in [0.5, 0.6) is 0 Å². The highest BCUT2D eigenvalue weighted by molar-refractivity contribution is 7.20. The van der Waals surface area contributed by atoms with Crippen molar-refractivity contribution in [2.75, 3.05) is 5.32 Å². The Labute approximate surface area is 203 Å². The largest absolute Gasteiger partial charge is 0.447 e. The first kappa shape index (κ1) is 24.0. The number of nitrogens with zero attached hydrogens (tertiary/aromatic N) is 2. The topological polar surface area (TPSA) is 143 Å². The zero-order valence-corrected chi connectivity index (χ0v) is 19.6. The van der Waals surface area contributed by atoms with Crippen LogP contribution >= 0.6 is 11.3 Å². The van der Waals surface area contributed by atoms with Crippen molar-refractivity contribution in [3.63, 3.8) is 0 Å². The third kappa shape index (κ3) is 5.53. The first-order valence-electron chi connectivity index (χ1n) is 10.5. The molecule has 1 aromatic carbocycles. The molecule has 5 N–H and O–H groups in total. The number of hydrogen-bond donors (Lipinski definition) is 4. The van der Waals surface area contributed by atoms with E-state index >= 15 is 0 Å². The van der Waals surface area contributed by atoms with Gasteiger partial charge in [0, 0.05) is 10.4 Å². The zero-order chi connectivity index (χ0) is 25.2. The highest BCUT2D eigenvalue weighted by Gasteiger charge is 2.21. The molecule has 0 atom stereocenters. The summed E-state index contributed by atoms with van der Waals surface area (Å²) in [5, 5.41) is 16.1. The van der Waals surface area contributed by atoms with E-state index < -0.39 is 23.2 Å². The normalized spacial score (nSPS) is 11.3. The lowest BCUT2D eigenvalue weighted by molar-refractivity contribution is 0.0782. The van der Waals surface area contributed by atoms with Crippen LogP contribution in [0.15, 0.2) is 59.3 Å². The average Bonchev–Trinajstić information content (AvgIpc) is 3.47. The van der Waals surface area contributed by atoms with E-state index in [1.807, 2.05) is 0 Å². The van der Waals surface area contributed by atoms with Crippen molar-refractivity contribution >= 4 is 34.0 Å². The van der Waals surface area contributed by atoms with Crippen LogP contribution in [0.3, 0.4) is 0 Å². The molecular formula is C24H22FN5O4S. The number of primary amides is 1. The number of aromatic nitrogens is 2. The molecule has 0 aliphatic carbocycles. The fourth-order valence-corrected chi connectivity index (χ4v) is 4.33. The zero-order valence-electron chi connectivity index (χ0n) is 18.8. The number of nitrogens with two attached hydrogens (primary N) is 1. The minimum Gasteiger partial charge on any atom is -0.447 e. The first-order valence-corrected chi connectivity index (χ1v) is 11.3. The van der Waals surface area contributed by atoms with Crippen LogP contribution in [-0.2, 0) is 12.1 Å². The highest BCUT2D eigenvalue weighted by Crippen LogP contribution is 2.38. The Morgan fingerprint density at radius 2 is 2.03 bits per heavy atom. The van der Waals surface area contributed by atoms with Gasteiger partial charge in [-0.05, 0) is 43.7 Å². The molecule has 0 spiro atoms. The molecule has 4 rings (SSSR count). The number of anilines is 2. The Balaban J connectivity index is 1.58. The van der Waals surface area contributed by atoms with Crippen LogP contribution in [0.25, 0.3) is 10.4 Å². The fraction of sp³-hybridized carbons (Fsp3) is 0.167. The van der Waals surface area contributed by atoms with Crippen molar-refractivity contribution in [3.8, 4) is 10.4 Å². The average molecular weight is 496 g/mol. The smallest absolute Gasteiger partial charge is 0.270 e. The van der Waals surface area contributed by atoms with Crippen molar-refractivity contribution in [1.29, 1.82) is 0 Å². The van der Waals surface area contributed by atoms with Gasteiger partial charge in [0.1, 0.15) is 28.6 Å². The van der Waals surface area contributed by atoms with Gasteiger partial charge in [-0.3, -0.25) is 9.59 Å². The first-order chi connectivity index (χ1) is 16.6. The Kier molecular flexibility index (Phi) is 6.63. The second-order valence-corrected chi connectivity index (χ2v) is 9.17. The summed E-state index contributed by atoms with van der Waals surface area (Å²) in [4.78, 5) is 33.2. The monoisotopic (exact) mass is 495 g/mol. The van der Waals surface area contributed by atoms with E-state index in [9.17, 15) is 19.1 Å². The number of rotatable bonds is 8. The molecular weight excluding hydrogens is 473 g/mol. The lowest BCUT2D eigenvalue weighted by atomic mass is 9.96. The number of benzene rings is 1. The molecule has 0 aliphatic rings. The van der Waals surface area contributed by atoms with Crippen molar-refractivity contribution in [3.05, 3.63) is 83.5 Å². The number of thiophene rings is 1. The van der Waals surface area contributed by atoms with E-state index in [2.05, 4.69) is 20.6 Å². The summed E-state index contributed by atoms with van der Waals surface area (Å²) in [6, 6.07) is 10.7. The van der Waals surface area contributed by atoms with E-state index in [1.165, 1.54) is 30.7 Å². The van der Waals surface area contributed by atoms with Crippen LogP contribution in [-0.4, -0.2) is 26.9 Å². The molecule has 2 amide bonds. The summed E-state index contributed by atoms with van der Waals surface area (Å²) in [5.74, 6) is -1.04. The minimum atomic E-state index is -1.20. The minimum absolute atomic E-state index is 0.100. The van der Waals surface area contributed by atoms with Crippen LogP contribution < -0.4 is 16.4 Å². The van der Waals surface area contributed by atoms with E-state index in [0.717, 1.165) is 11.3 Å². The molecule has 4 aromatic rings. The summed E-state index contributed by atoms with van der Waals surface area (Å²) in [7, 11) is 0. The van der Waals surface area contributed by atoms with Crippen LogP contribution in [0.2, 0.25) is 0 Å². The van der Waals surface area contributed by atoms with Crippen LogP contribution in [0.1, 0.15) is 46.1 Å². The Hall–Kier alpha value is -4.09. The molecule has 0 bridgehead atoms. The van der Waals surface area contributed by atoms with Crippen molar-refractivity contribution in [2.24, 2.45) is 5.73 Å². The van der Waals surface area contributed by atoms with Gasteiger partial charge in [0.25, 0.3) is 11.8 Å². The second kappa shape index (κ2) is 9.65. The number of pyridine rings is 1. The molecule has 3 heterocycles. The summed E-state index contributed by atoms with van der Waals surface area (Å²) in [6.45, 7) is 3.23. The van der Waals surface area contributed by atoms with Crippen LogP contribution in [0.4, 0.5) is 15.2 Å². The van der Waals surface area contributed by atoms with Gasteiger partial charge < -0.3 is 25.9 Å². The Morgan fingerprint density at radius 1 is 1.23 bits per heavy atom. The lowest BCUT2D eigenvalue weighted by Gasteiger charge is -2.18. The Morgan fingerprint density at radius 3 is 2.69 bits per heavy atom. The predicted octanol–water partition coefficient (Wildman–Crippen LogP) is 3.94. The molecule has 0 fully saturated rings. The van der Waals surface area contributed by atoms with E-state index in [1.54, 1.807) is 38.1 Å². The number of amides is 2. The van der Waals surface area contributed by atoms with Crippen molar-refractivity contribution < 1.29 is 23.5 Å². The van der Waals surface area contributed by atoms with Gasteiger partial charge in [0.05, 0.1) is 23.9 Å². The van der Waals surface area contributed by atoms with Crippen LogP contribution in [0, 0.1) is 5.82 Å². The standard InChI is InChI=1S/C24H22FN5O4S/c1-24(2,33)13-6-7-14(16(25)10-13)18-11-15(21(26)31)23(35-18)30-19-5-3-4-17(29-19)22(32)28-12-20-27-8-9-34-20/h3-11,33H,12H2,1-2H3,(H2,26,31)(H,28,32)(H,29,30). The van der Waals surface area contributed by atoms with Crippen molar-refractivity contribution in [2.45, 2.75) is 26.0 Å². The fourth-order valence-electron chi connectivity index (χ4n) is 3.23. The van der Waals surface area contributed by atoms with Gasteiger partial charge in [-0.15, -0.1) is 11.3 Å². The van der Waals surface area contributed by atoms with Gasteiger partial charge in [-0.2, -0.15) is 0 Å². The summed E-state index contributed by atoms with van der Waals surface area (Å²) in [5.41, 5.74) is 5.31. The lowest BCUT2D eigenvalue weighted by Crippen LogP contribution is -2.24. The van der Waals surface area contributed by atoms with E-state index in [4.69, 9.17) is 10.2 Å². The predicted molar refractivity (Wildman–Crippen MR) is 129 cm³/mol. The molecule has 0 unspecified atom stereocenters. The molecule has 180 valence electrons. The third-order valence-electron chi connectivity index (χ3n) is 5.05. The highest BCUT2D eigenvalue weighted by atomic mass is 32.1. The molecule has 11 heteroatoms. The molecule has 3 aromatic heterocycles. The van der Waals surface area contributed by atoms with Crippen molar-refractivity contribution in [1.82, 2.24) is 15.3 Å². The van der Waals surface area contributed by atoms with E-state index in [-0.39, 0.29) is 23.4 Å². The maximum absolute atomic E-state index is 14.8. The molecule has 35 heavy (non-hydrogen) atoms. The molecule has 0 radical (unpaired) electrons. The third-order valence-corrected chi connectivity index (χ3v) is 6.13. The van der Waals surface area contributed by atoms with Gasteiger partial charge in [-0.25, -0.2) is 14.4 Å². The van der Waals surface area contributed by atoms with Gasteiger partial charge >= 0.3 is 0 Å². The second-order valence-electron chi connectivity index (χ2n) is 8.11. The van der Waals surface area contributed by atoms with Gasteiger partial charge in [0.15, 0.2) is 0 Å². The molecule has 9 nitrogen and oxygen atoms in total. The summed E-state index contributed by atoms with van der Waals surface area (Å²) >= 11 is 1.11. The Bertz CT molecular complexity index is 1380. The van der Waals surface area contributed by atoms with Gasteiger partial charge in [0.2, 0.25) is 5.89 Å². The number of carbonyl (C=O) groups excluding carboxylic acids is 2. The van der Waals surface area contributed by atoms with Gasteiger partial charge in [-0.1, -0.05) is 18.2 Å². The van der Waals surface area contributed by atoms with E-state index in [0.29, 0.717) is 27.2 Å². The summed E-state index contributed by atoms with van der Waals surface area (Å²) in [6.07, 6.45) is 2.88. The number of carbonyl (C=O) groups is 2.